The fourth-order valence-corrected chi connectivity index (χ4v) is 8.05. The largest absolute Gasteiger partial charge is 0.0622 e. The standard InChI is InChI=1S/C32H21P/c1-3-14-24(15-4-1)33(25-16-5-2-6-17-25)32-26-18-8-7-11-23(26)21-29-27-19-9-12-22-13-10-20-28(30(22)27)31(29)32/h1-21H. The highest BCUT2D eigenvalue weighted by Gasteiger charge is 2.30. The molecule has 0 nitrogen and oxygen atoms in total. The van der Waals surface area contributed by atoms with Crippen molar-refractivity contribution in [2.45, 2.75) is 0 Å². The third kappa shape index (κ3) is 2.81. The second kappa shape index (κ2) is 7.41. The van der Waals surface area contributed by atoms with Crippen molar-refractivity contribution in [1.82, 2.24) is 0 Å². The van der Waals surface area contributed by atoms with Gasteiger partial charge in [-0.1, -0.05) is 121 Å². The van der Waals surface area contributed by atoms with Crippen LogP contribution in [0.5, 0.6) is 0 Å². The predicted octanol–water partition coefficient (Wildman–Crippen LogP) is 7.40. The van der Waals surface area contributed by atoms with Crippen molar-refractivity contribution in [2.75, 3.05) is 0 Å². The lowest BCUT2D eigenvalue weighted by atomic mass is 9.98. The van der Waals surface area contributed by atoms with Gasteiger partial charge in [0, 0.05) is 5.30 Å². The van der Waals surface area contributed by atoms with Crippen LogP contribution in [-0.2, 0) is 0 Å². The monoisotopic (exact) mass is 436 g/mol. The van der Waals surface area contributed by atoms with E-state index in [4.69, 9.17) is 0 Å². The Morgan fingerprint density at radius 2 is 1.00 bits per heavy atom. The SMILES string of the molecule is c1ccc(P(c2ccccc2)c2c3c(cc4ccccc24)-c2cccc4cccc-3c24)cc1. The van der Waals surface area contributed by atoms with Gasteiger partial charge < -0.3 is 0 Å². The van der Waals surface area contributed by atoms with Gasteiger partial charge in [0.25, 0.3) is 0 Å². The van der Waals surface area contributed by atoms with Crippen molar-refractivity contribution >= 4 is 45.4 Å². The normalized spacial score (nSPS) is 11.9. The highest BCUT2D eigenvalue weighted by molar-refractivity contribution is 7.80. The Kier molecular flexibility index (Phi) is 4.22. The van der Waals surface area contributed by atoms with E-state index in [1.165, 1.54) is 59.7 Å². The average Bonchev–Trinajstić information content (AvgIpc) is 3.20. The van der Waals surface area contributed by atoms with Crippen LogP contribution in [0.25, 0.3) is 43.8 Å². The molecule has 0 aliphatic heterocycles. The molecule has 1 heteroatoms. The summed E-state index contributed by atoms with van der Waals surface area (Å²) in [5.41, 5.74) is 5.52. The Bertz CT molecular complexity index is 1600. The minimum absolute atomic E-state index is 0.734. The van der Waals surface area contributed by atoms with E-state index >= 15 is 0 Å². The molecule has 0 amide bonds. The second-order valence-corrected chi connectivity index (χ2v) is 10.7. The summed E-state index contributed by atoms with van der Waals surface area (Å²) in [6.07, 6.45) is 0. The van der Waals surface area contributed by atoms with Crippen molar-refractivity contribution in [3.05, 3.63) is 127 Å². The third-order valence-corrected chi connectivity index (χ3v) is 9.28. The van der Waals surface area contributed by atoms with E-state index in [0.29, 0.717) is 0 Å². The van der Waals surface area contributed by atoms with E-state index < -0.39 is 7.92 Å². The summed E-state index contributed by atoms with van der Waals surface area (Å²) in [4.78, 5) is 0. The Balaban J connectivity index is 1.67. The fourth-order valence-electron chi connectivity index (χ4n) is 5.38. The Morgan fingerprint density at radius 3 is 1.70 bits per heavy atom. The maximum atomic E-state index is 2.41. The van der Waals surface area contributed by atoms with Gasteiger partial charge in [0.05, 0.1) is 0 Å². The molecule has 7 rings (SSSR count). The van der Waals surface area contributed by atoms with Gasteiger partial charge in [0.15, 0.2) is 0 Å². The molecule has 0 spiro atoms. The lowest BCUT2D eigenvalue weighted by Gasteiger charge is -2.25. The average molecular weight is 436 g/mol. The highest BCUT2D eigenvalue weighted by atomic mass is 31.1. The van der Waals surface area contributed by atoms with Gasteiger partial charge in [-0.3, -0.25) is 0 Å². The van der Waals surface area contributed by atoms with E-state index in [9.17, 15) is 0 Å². The number of benzene rings is 6. The highest BCUT2D eigenvalue weighted by Crippen LogP contribution is 2.51. The molecule has 0 N–H and O–H groups in total. The lowest BCUT2D eigenvalue weighted by Crippen LogP contribution is -2.23. The van der Waals surface area contributed by atoms with Gasteiger partial charge in [-0.05, 0) is 68.4 Å². The zero-order chi connectivity index (χ0) is 21.8. The molecule has 6 aromatic rings. The molecular formula is C32H21P. The van der Waals surface area contributed by atoms with Crippen LogP contribution >= 0.6 is 7.92 Å². The lowest BCUT2D eigenvalue weighted by molar-refractivity contribution is 1.74. The third-order valence-electron chi connectivity index (χ3n) is 6.74. The Hall–Kier alpha value is -3.73. The predicted molar refractivity (Wildman–Crippen MR) is 145 cm³/mol. The minimum atomic E-state index is -0.734. The molecule has 1 aliphatic carbocycles. The van der Waals surface area contributed by atoms with Crippen LogP contribution in [0.2, 0.25) is 0 Å². The number of hydrogen-bond donors (Lipinski definition) is 0. The zero-order valence-electron chi connectivity index (χ0n) is 18.1. The molecular weight excluding hydrogens is 415 g/mol. The Labute approximate surface area is 194 Å². The number of fused-ring (bicyclic) bond motifs is 4. The van der Waals surface area contributed by atoms with Crippen LogP contribution in [0.1, 0.15) is 0 Å². The smallest absolute Gasteiger partial charge is 0.00124 e. The van der Waals surface area contributed by atoms with Crippen molar-refractivity contribution in [1.29, 1.82) is 0 Å². The van der Waals surface area contributed by atoms with Gasteiger partial charge in [0.2, 0.25) is 0 Å². The molecule has 0 atom stereocenters. The summed E-state index contributed by atoms with van der Waals surface area (Å²) in [5, 5.41) is 9.64. The first-order valence-electron chi connectivity index (χ1n) is 11.4. The van der Waals surface area contributed by atoms with Crippen LogP contribution < -0.4 is 15.9 Å². The maximum Gasteiger partial charge on any atom is 0.00124 e. The van der Waals surface area contributed by atoms with Gasteiger partial charge in [-0.25, -0.2) is 0 Å². The van der Waals surface area contributed by atoms with Crippen LogP contribution in [0.15, 0.2) is 127 Å². The summed E-state index contributed by atoms with van der Waals surface area (Å²) in [6.45, 7) is 0. The van der Waals surface area contributed by atoms with Crippen LogP contribution in [0, 0.1) is 0 Å². The van der Waals surface area contributed by atoms with Crippen LogP contribution in [-0.4, -0.2) is 0 Å². The summed E-state index contributed by atoms with van der Waals surface area (Å²) in [5.74, 6) is 0. The van der Waals surface area contributed by atoms with Crippen molar-refractivity contribution in [3.8, 4) is 22.3 Å². The van der Waals surface area contributed by atoms with Crippen molar-refractivity contribution < 1.29 is 0 Å². The second-order valence-electron chi connectivity index (χ2n) is 8.58. The van der Waals surface area contributed by atoms with Crippen molar-refractivity contribution in [3.63, 3.8) is 0 Å². The molecule has 154 valence electrons. The van der Waals surface area contributed by atoms with Gasteiger partial charge in [-0.15, -0.1) is 0 Å². The summed E-state index contributed by atoms with van der Waals surface area (Å²) in [7, 11) is -0.734. The van der Waals surface area contributed by atoms with Crippen LogP contribution in [0.3, 0.4) is 0 Å². The van der Waals surface area contributed by atoms with Gasteiger partial charge >= 0.3 is 0 Å². The molecule has 0 radical (unpaired) electrons. The molecule has 0 saturated heterocycles. The maximum absolute atomic E-state index is 2.41. The molecule has 0 bridgehead atoms. The fraction of sp³-hybridized carbons (Fsp3) is 0. The van der Waals surface area contributed by atoms with E-state index in [1.54, 1.807) is 0 Å². The molecule has 0 saturated carbocycles. The Morgan fingerprint density at radius 1 is 0.424 bits per heavy atom. The molecule has 0 unspecified atom stereocenters. The van der Waals surface area contributed by atoms with Gasteiger partial charge in [-0.2, -0.15) is 0 Å². The van der Waals surface area contributed by atoms with Crippen LogP contribution in [0.4, 0.5) is 0 Å². The molecule has 0 fully saturated rings. The first kappa shape index (κ1) is 18.8. The quantitative estimate of drug-likeness (QED) is 0.253. The first-order valence-corrected chi connectivity index (χ1v) is 12.7. The van der Waals surface area contributed by atoms with Gasteiger partial charge in [0.1, 0.15) is 0 Å². The first-order chi connectivity index (χ1) is 16.4. The van der Waals surface area contributed by atoms with E-state index in [1.807, 2.05) is 0 Å². The zero-order valence-corrected chi connectivity index (χ0v) is 19.0. The van der Waals surface area contributed by atoms with Crippen molar-refractivity contribution in [2.24, 2.45) is 0 Å². The number of hydrogen-bond acceptors (Lipinski definition) is 0. The van der Waals surface area contributed by atoms with E-state index in [-0.39, 0.29) is 0 Å². The molecule has 33 heavy (non-hydrogen) atoms. The molecule has 0 heterocycles. The minimum Gasteiger partial charge on any atom is -0.0622 e. The number of rotatable bonds is 3. The molecule has 6 aromatic carbocycles. The molecule has 1 aliphatic rings. The topological polar surface area (TPSA) is 0 Å². The summed E-state index contributed by atoms with van der Waals surface area (Å²) < 4.78 is 0. The summed E-state index contributed by atoms with van der Waals surface area (Å²) >= 11 is 0. The summed E-state index contributed by atoms with van der Waals surface area (Å²) in [6, 6.07) is 47.0. The van der Waals surface area contributed by atoms with E-state index in [0.717, 1.165) is 0 Å². The molecule has 0 aromatic heterocycles. The van der Waals surface area contributed by atoms with E-state index in [2.05, 4.69) is 127 Å².